The van der Waals surface area contributed by atoms with Gasteiger partial charge in [0.15, 0.2) is 5.82 Å². The number of carbonyl (C=O) groups excluding carboxylic acids is 1. The van der Waals surface area contributed by atoms with E-state index in [-0.39, 0.29) is 12.0 Å². The summed E-state index contributed by atoms with van der Waals surface area (Å²) in [4.78, 5) is 22.1. The molecule has 154 valence electrons. The second-order valence-corrected chi connectivity index (χ2v) is 7.17. The summed E-state index contributed by atoms with van der Waals surface area (Å²) in [6.45, 7) is 0.389. The molecule has 0 spiro atoms. The van der Waals surface area contributed by atoms with Gasteiger partial charge in [-0.15, -0.1) is 0 Å². The molecule has 1 aliphatic heterocycles. The molecule has 2 aromatic carbocycles. The van der Waals surface area contributed by atoms with E-state index in [0.29, 0.717) is 41.8 Å². The second-order valence-electron chi connectivity index (χ2n) is 6.73. The van der Waals surface area contributed by atoms with Crippen molar-refractivity contribution in [3.05, 3.63) is 64.9 Å². The van der Waals surface area contributed by atoms with Crippen LogP contribution >= 0.6 is 11.6 Å². The van der Waals surface area contributed by atoms with E-state index in [2.05, 4.69) is 20.6 Å². The largest absolute Gasteiger partial charge is 0.497 e. The summed E-state index contributed by atoms with van der Waals surface area (Å²) in [6.07, 6.45) is 0.426. The normalized spacial score (nSPS) is 15.4. The van der Waals surface area contributed by atoms with Gasteiger partial charge in [0.25, 0.3) is 11.8 Å². The fourth-order valence-corrected chi connectivity index (χ4v) is 3.17. The third kappa shape index (κ3) is 4.77. The number of nitrogens with one attached hydrogen (secondary N) is 1. The topological polar surface area (TPSA) is 98.8 Å². The first-order valence-electron chi connectivity index (χ1n) is 9.33. The van der Waals surface area contributed by atoms with Crippen molar-refractivity contribution in [2.24, 2.45) is 5.16 Å². The minimum absolute atomic E-state index is 0.263. The molecule has 2 heterocycles. The number of halogens is 1. The Labute approximate surface area is 177 Å². The molecule has 0 saturated carbocycles. The lowest BCUT2D eigenvalue weighted by atomic mass is 10.1. The van der Waals surface area contributed by atoms with Crippen molar-refractivity contribution in [1.29, 1.82) is 0 Å². The summed E-state index contributed by atoms with van der Waals surface area (Å²) in [6, 6.07) is 14.6. The zero-order chi connectivity index (χ0) is 20.9. The van der Waals surface area contributed by atoms with Crippen molar-refractivity contribution < 1.29 is 18.9 Å². The summed E-state index contributed by atoms with van der Waals surface area (Å²) in [5.74, 6) is 1.36. The van der Waals surface area contributed by atoms with Crippen molar-refractivity contribution in [3.63, 3.8) is 0 Å². The highest BCUT2D eigenvalue weighted by Crippen LogP contribution is 2.22. The summed E-state index contributed by atoms with van der Waals surface area (Å²) < 4.78 is 10.4. The van der Waals surface area contributed by atoms with Gasteiger partial charge in [-0.25, -0.2) is 0 Å². The van der Waals surface area contributed by atoms with E-state index in [1.165, 1.54) is 0 Å². The van der Waals surface area contributed by atoms with Gasteiger partial charge < -0.3 is 19.4 Å². The van der Waals surface area contributed by atoms with Gasteiger partial charge in [-0.05, 0) is 35.9 Å². The molecule has 8 nitrogen and oxygen atoms in total. The standard InChI is InChI=1S/C21H19ClN4O4/c1-28-16-7-5-13(6-8-16)12-23-20(27)18-10-17(29-25-18)11-19-24-21(30-26-19)14-3-2-4-15(22)9-14/h2-9,17H,10-12H2,1H3,(H,23,27). The zero-order valence-corrected chi connectivity index (χ0v) is 16.9. The van der Waals surface area contributed by atoms with Crippen LogP contribution in [0.5, 0.6) is 5.75 Å². The number of methoxy groups -OCH3 is 1. The molecule has 0 radical (unpaired) electrons. The van der Waals surface area contributed by atoms with E-state index in [0.717, 1.165) is 16.9 Å². The predicted molar refractivity (Wildman–Crippen MR) is 110 cm³/mol. The molecule has 1 aromatic heterocycles. The minimum atomic E-state index is -0.323. The Morgan fingerprint density at radius 1 is 1.27 bits per heavy atom. The first-order chi connectivity index (χ1) is 14.6. The first kappa shape index (κ1) is 19.9. The van der Waals surface area contributed by atoms with E-state index in [1.54, 1.807) is 19.2 Å². The molecular weight excluding hydrogens is 408 g/mol. The molecule has 9 heteroatoms. The van der Waals surface area contributed by atoms with Crippen LogP contribution in [0.15, 0.2) is 58.2 Å². The molecule has 1 aliphatic rings. The fraction of sp³-hybridized carbons (Fsp3) is 0.238. The summed E-state index contributed by atoms with van der Waals surface area (Å²) in [7, 11) is 1.61. The Hall–Kier alpha value is -3.39. The molecule has 3 aromatic rings. The Morgan fingerprint density at radius 3 is 2.87 bits per heavy atom. The lowest BCUT2D eigenvalue weighted by Crippen LogP contribution is -2.30. The average Bonchev–Trinajstić information content (AvgIpc) is 3.43. The molecule has 1 amide bonds. The number of nitrogens with zero attached hydrogens (tertiary/aromatic N) is 3. The SMILES string of the molecule is COc1ccc(CNC(=O)C2=NOC(Cc3noc(-c4cccc(Cl)c4)n3)C2)cc1. The second kappa shape index (κ2) is 8.96. The number of rotatable bonds is 7. The van der Waals surface area contributed by atoms with Gasteiger partial charge in [0.05, 0.1) is 13.5 Å². The maximum Gasteiger partial charge on any atom is 0.269 e. The summed E-state index contributed by atoms with van der Waals surface area (Å²) in [5.41, 5.74) is 2.04. The molecule has 1 unspecified atom stereocenters. The minimum Gasteiger partial charge on any atom is -0.497 e. The van der Waals surface area contributed by atoms with Crippen molar-refractivity contribution in [2.75, 3.05) is 7.11 Å². The molecule has 30 heavy (non-hydrogen) atoms. The van der Waals surface area contributed by atoms with Crippen LogP contribution in [0.4, 0.5) is 0 Å². The molecule has 1 atom stereocenters. The van der Waals surface area contributed by atoms with Crippen LogP contribution in [0.25, 0.3) is 11.5 Å². The predicted octanol–water partition coefficient (Wildman–Crippen LogP) is 3.40. The third-order valence-corrected chi connectivity index (χ3v) is 4.79. The van der Waals surface area contributed by atoms with Crippen LogP contribution in [0.3, 0.4) is 0 Å². The van der Waals surface area contributed by atoms with E-state index >= 15 is 0 Å². The smallest absolute Gasteiger partial charge is 0.269 e. The monoisotopic (exact) mass is 426 g/mol. The van der Waals surface area contributed by atoms with E-state index < -0.39 is 0 Å². The van der Waals surface area contributed by atoms with E-state index in [1.807, 2.05) is 36.4 Å². The zero-order valence-electron chi connectivity index (χ0n) is 16.2. The molecule has 1 N–H and O–H groups in total. The van der Waals surface area contributed by atoms with Gasteiger partial charge in [0.1, 0.15) is 17.6 Å². The van der Waals surface area contributed by atoms with Gasteiger partial charge in [-0.1, -0.05) is 40.1 Å². The molecular formula is C21H19ClN4O4. The van der Waals surface area contributed by atoms with Crippen LogP contribution in [0.1, 0.15) is 17.8 Å². The molecule has 0 fully saturated rings. The lowest BCUT2D eigenvalue weighted by molar-refractivity contribution is -0.115. The fourth-order valence-electron chi connectivity index (χ4n) is 2.98. The van der Waals surface area contributed by atoms with E-state index in [9.17, 15) is 4.79 Å². The van der Waals surface area contributed by atoms with E-state index in [4.69, 9.17) is 25.7 Å². The summed E-state index contributed by atoms with van der Waals surface area (Å²) in [5, 5.41) is 11.3. The van der Waals surface area contributed by atoms with Gasteiger partial charge >= 0.3 is 0 Å². The molecule has 0 bridgehead atoms. The molecule has 0 aliphatic carbocycles. The first-order valence-corrected chi connectivity index (χ1v) is 9.71. The van der Waals surface area contributed by atoms with Crippen molar-refractivity contribution in [1.82, 2.24) is 15.5 Å². The van der Waals surface area contributed by atoms with Crippen molar-refractivity contribution in [2.45, 2.75) is 25.5 Å². The van der Waals surface area contributed by atoms with Crippen LogP contribution in [-0.2, 0) is 22.6 Å². The van der Waals surface area contributed by atoms with Crippen LogP contribution in [0.2, 0.25) is 5.02 Å². The molecule has 4 rings (SSSR count). The highest BCUT2D eigenvalue weighted by molar-refractivity contribution is 6.39. The number of aromatic nitrogens is 2. The Morgan fingerprint density at radius 2 is 2.10 bits per heavy atom. The van der Waals surface area contributed by atoms with Crippen molar-refractivity contribution in [3.8, 4) is 17.2 Å². The quantitative estimate of drug-likeness (QED) is 0.621. The summed E-state index contributed by atoms with van der Waals surface area (Å²) >= 11 is 5.99. The van der Waals surface area contributed by atoms with Crippen LogP contribution < -0.4 is 10.1 Å². The number of benzene rings is 2. The van der Waals surface area contributed by atoms with Gasteiger partial charge in [0.2, 0.25) is 0 Å². The number of amides is 1. The maximum absolute atomic E-state index is 12.4. The molecule has 0 saturated heterocycles. The number of ether oxygens (including phenoxy) is 1. The van der Waals surface area contributed by atoms with Gasteiger partial charge in [-0.2, -0.15) is 4.98 Å². The highest BCUT2D eigenvalue weighted by Gasteiger charge is 2.27. The number of hydrogen-bond donors (Lipinski definition) is 1. The van der Waals surface area contributed by atoms with Crippen molar-refractivity contribution >= 4 is 23.2 Å². The number of carbonyl (C=O) groups is 1. The lowest BCUT2D eigenvalue weighted by Gasteiger charge is -2.06. The Bertz CT molecular complexity index is 1060. The number of oxime groups is 1. The third-order valence-electron chi connectivity index (χ3n) is 4.56. The van der Waals surface area contributed by atoms with Gasteiger partial charge in [-0.3, -0.25) is 4.79 Å². The Kier molecular flexibility index (Phi) is 5.94. The van der Waals surface area contributed by atoms with Crippen LogP contribution in [0, 0.1) is 0 Å². The average molecular weight is 427 g/mol. The van der Waals surface area contributed by atoms with Crippen LogP contribution in [-0.4, -0.2) is 35.0 Å². The van der Waals surface area contributed by atoms with Gasteiger partial charge in [0, 0.05) is 23.6 Å². The highest BCUT2D eigenvalue weighted by atomic mass is 35.5. The number of hydrogen-bond acceptors (Lipinski definition) is 7. The maximum atomic E-state index is 12.4. The Balaban J connectivity index is 1.28.